The van der Waals surface area contributed by atoms with Gasteiger partial charge in [-0.1, -0.05) is 25.1 Å². The summed E-state index contributed by atoms with van der Waals surface area (Å²) in [4.78, 5) is 33.7. The fraction of sp³-hybridized carbons (Fsp3) is 0.217. The van der Waals surface area contributed by atoms with Crippen molar-refractivity contribution < 1.29 is 14.0 Å². The maximum atomic E-state index is 14.5. The van der Waals surface area contributed by atoms with E-state index in [4.69, 9.17) is 0 Å². The SMILES string of the molecule is CCC(=O)N(C)c1ccc(-c2ccc(C(=O)CCc3cccnc3)nc2)cc1F. The molecule has 3 rings (SSSR count). The molecule has 1 aromatic carbocycles. The van der Waals surface area contributed by atoms with Crippen molar-refractivity contribution in [2.24, 2.45) is 0 Å². The van der Waals surface area contributed by atoms with Gasteiger partial charge in [0.05, 0.1) is 5.69 Å². The maximum absolute atomic E-state index is 14.5. The van der Waals surface area contributed by atoms with E-state index >= 15 is 0 Å². The summed E-state index contributed by atoms with van der Waals surface area (Å²) in [6, 6.07) is 11.9. The van der Waals surface area contributed by atoms with E-state index < -0.39 is 5.82 Å². The van der Waals surface area contributed by atoms with Crippen LogP contribution in [0.3, 0.4) is 0 Å². The zero-order valence-electron chi connectivity index (χ0n) is 16.4. The first-order chi connectivity index (χ1) is 14.0. The van der Waals surface area contributed by atoms with E-state index in [9.17, 15) is 14.0 Å². The van der Waals surface area contributed by atoms with Crippen molar-refractivity contribution in [3.63, 3.8) is 0 Å². The summed E-state index contributed by atoms with van der Waals surface area (Å²) in [5.74, 6) is -0.697. The summed E-state index contributed by atoms with van der Waals surface area (Å²) >= 11 is 0. The molecule has 0 aliphatic heterocycles. The van der Waals surface area contributed by atoms with E-state index in [1.807, 2.05) is 12.1 Å². The molecule has 0 saturated carbocycles. The predicted molar refractivity (Wildman–Crippen MR) is 110 cm³/mol. The molecule has 0 N–H and O–H groups in total. The number of rotatable bonds is 7. The summed E-state index contributed by atoms with van der Waals surface area (Å²) in [5.41, 5.74) is 2.94. The number of aryl methyl sites for hydroxylation is 1. The lowest BCUT2D eigenvalue weighted by atomic mass is 10.0. The average molecular weight is 391 g/mol. The predicted octanol–water partition coefficient (Wildman–Crippen LogP) is 4.47. The van der Waals surface area contributed by atoms with Crippen molar-refractivity contribution in [3.05, 3.63) is 78.1 Å². The lowest BCUT2D eigenvalue weighted by Crippen LogP contribution is -2.25. The number of benzene rings is 1. The summed E-state index contributed by atoms with van der Waals surface area (Å²) in [5, 5.41) is 0. The highest BCUT2D eigenvalue weighted by Gasteiger charge is 2.14. The molecule has 6 heteroatoms. The number of hydrogen-bond acceptors (Lipinski definition) is 4. The quantitative estimate of drug-likeness (QED) is 0.558. The minimum absolute atomic E-state index is 0.0540. The summed E-state index contributed by atoms with van der Waals surface area (Å²) in [6.07, 6.45) is 6.25. The van der Waals surface area contributed by atoms with Gasteiger partial charge in [-0.25, -0.2) is 4.39 Å². The van der Waals surface area contributed by atoms with Crippen LogP contribution in [0.2, 0.25) is 0 Å². The highest BCUT2D eigenvalue weighted by molar-refractivity contribution is 5.95. The van der Waals surface area contributed by atoms with Gasteiger partial charge in [0, 0.05) is 44.0 Å². The van der Waals surface area contributed by atoms with Gasteiger partial charge in [0.1, 0.15) is 11.5 Å². The van der Waals surface area contributed by atoms with Crippen LogP contribution in [-0.4, -0.2) is 28.7 Å². The van der Waals surface area contributed by atoms with Crippen LogP contribution in [0.4, 0.5) is 10.1 Å². The van der Waals surface area contributed by atoms with E-state index in [0.29, 0.717) is 36.1 Å². The van der Waals surface area contributed by atoms with Crippen molar-refractivity contribution in [2.45, 2.75) is 26.2 Å². The van der Waals surface area contributed by atoms with Crippen molar-refractivity contribution in [3.8, 4) is 11.1 Å². The third-order valence-corrected chi connectivity index (χ3v) is 4.73. The maximum Gasteiger partial charge on any atom is 0.226 e. The van der Waals surface area contributed by atoms with Gasteiger partial charge in [0.15, 0.2) is 5.78 Å². The monoisotopic (exact) mass is 391 g/mol. The van der Waals surface area contributed by atoms with Crippen LogP contribution >= 0.6 is 0 Å². The molecule has 148 valence electrons. The largest absolute Gasteiger partial charge is 0.313 e. The molecule has 2 heterocycles. The first-order valence-electron chi connectivity index (χ1n) is 9.44. The number of halogens is 1. The fourth-order valence-electron chi connectivity index (χ4n) is 2.99. The number of nitrogens with zero attached hydrogens (tertiary/aromatic N) is 3. The number of aromatic nitrogens is 2. The standard InChI is InChI=1S/C23H22FN3O2/c1-3-23(29)27(2)21-10-8-17(13-19(21)24)18-7-9-20(26-15-18)22(28)11-6-16-5-4-12-25-14-16/h4-5,7-10,12-15H,3,6,11H2,1-2H3. The van der Waals surface area contributed by atoms with E-state index in [0.717, 1.165) is 5.56 Å². The highest BCUT2D eigenvalue weighted by atomic mass is 19.1. The minimum Gasteiger partial charge on any atom is -0.313 e. The first-order valence-corrected chi connectivity index (χ1v) is 9.44. The minimum atomic E-state index is -0.483. The van der Waals surface area contributed by atoms with Gasteiger partial charge in [-0.15, -0.1) is 0 Å². The number of hydrogen-bond donors (Lipinski definition) is 0. The van der Waals surface area contributed by atoms with Crippen LogP contribution in [-0.2, 0) is 11.2 Å². The summed E-state index contributed by atoms with van der Waals surface area (Å²) in [7, 11) is 1.55. The van der Waals surface area contributed by atoms with Crippen molar-refractivity contribution in [1.29, 1.82) is 0 Å². The molecular formula is C23H22FN3O2. The number of Topliss-reactive ketones (excluding diaryl/α,β-unsaturated/α-hetero) is 1. The zero-order valence-corrected chi connectivity index (χ0v) is 16.4. The van der Waals surface area contributed by atoms with Crippen LogP contribution in [0.5, 0.6) is 0 Å². The van der Waals surface area contributed by atoms with Gasteiger partial charge in [0.2, 0.25) is 5.91 Å². The molecule has 29 heavy (non-hydrogen) atoms. The van der Waals surface area contributed by atoms with Gasteiger partial charge >= 0.3 is 0 Å². The number of ketones is 1. The Balaban J connectivity index is 1.70. The third-order valence-electron chi connectivity index (χ3n) is 4.73. The van der Waals surface area contributed by atoms with Gasteiger partial charge in [-0.3, -0.25) is 19.6 Å². The number of anilines is 1. The molecule has 0 aliphatic carbocycles. The van der Waals surface area contributed by atoms with Crippen molar-refractivity contribution >= 4 is 17.4 Å². The molecule has 2 aromatic heterocycles. The molecule has 0 atom stereocenters. The van der Waals surface area contributed by atoms with Gasteiger partial charge in [-0.2, -0.15) is 0 Å². The molecule has 0 fully saturated rings. The van der Waals surface area contributed by atoms with Crippen LogP contribution in [0.15, 0.2) is 61.1 Å². The molecule has 0 unspecified atom stereocenters. The van der Waals surface area contributed by atoms with Crippen LogP contribution in [0, 0.1) is 5.82 Å². The van der Waals surface area contributed by atoms with E-state index in [2.05, 4.69) is 9.97 Å². The molecule has 0 bridgehead atoms. The molecule has 0 spiro atoms. The highest BCUT2D eigenvalue weighted by Crippen LogP contribution is 2.26. The van der Waals surface area contributed by atoms with Crippen LogP contribution in [0.25, 0.3) is 11.1 Å². The molecule has 0 saturated heterocycles. The van der Waals surface area contributed by atoms with E-state index in [1.165, 1.54) is 11.0 Å². The second-order valence-corrected chi connectivity index (χ2v) is 6.69. The number of carbonyl (C=O) groups is 2. The Bertz CT molecular complexity index is 1000. The van der Waals surface area contributed by atoms with E-state index in [-0.39, 0.29) is 17.4 Å². The summed E-state index contributed by atoms with van der Waals surface area (Å²) in [6.45, 7) is 1.73. The summed E-state index contributed by atoms with van der Waals surface area (Å²) < 4.78 is 14.5. The lowest BCUT2D eigenvalue weighted by molar-refractivity contribution is -0.118. The van der Waals surface area contributed by atoms with Crippen molar-refractivity contribution in [1.82, 2.24) is 9.97 Å². The van der Waals surface area contributed by atoms with Crippen LogP contribution in [0.1, 0.15) is 35.8 Å². The Morgan fingerprint density at radius 1 is 1.07 bits per heavy atom. The Morgan fingerprint density at radius 3 is 2.48 bits per heavy atom. The Hall–Kier alpha value is -3.41. The number of pyridine rings is 2. The molecule has 0 aliphatic rings. The molecule has 5 nitrogen and oxygen atoms in total. The molecule has 1 amide bonds. The second-order valence-electron chi connectivity index (χ2n) is 6.69. The van der Waals surface area contributed by atoms with Gasteiger partial charge < -0.3 is 4.90 Å². The lowest BCUT2D eigenvalue weighted by Gasteiger charge is -2.17. The Kier molecular flexibility index (Phi) is 6.44. The molecular weight excluding hydrogens is 369 g/mol. The molecule has 0 radical (unpaired) electrons. The zero-order chi connectivity index (χ0) is 20.8. The van der Waals surface area contributed by atoms with Crippen molar-refractivity contribution in [2.75, 3.05) is 11.9 Å². The molecule has 3 aromatic rings. The normalized spacial score (nSPS) is 10.6. The first kappa shape index (κ1) is 20.3. The van der Waals surface area contributed by atoms with Crippen LogP contribution < -0.4 is 4.90 Å². The third kappa shape index (κ3) is 4.90. The van der Waals surface area contributed by atoms with Gasteiger partial charge in [0.25, 0.3) is 0 Å². The number of amides is 1. The van der Waals surface area contributed by atoms with Gasteiger partial charge in [-0.05, 0) is 41.8 Å². The van der Waals surface area contributed by atoms with E-state index in [1.54, 1.807) is 56.8 Å². The number of carbonyl (C=O) groups excluding carboxylic acids is 2. The smallest absolute Gasteiger partial charge is 0.226 e. The average Bonchev–Trinajstić information content (AvgIpc) is 2.77. The Labute approximate surface area is 169 Å². The second kappa shape index (κ2) is 9.19. The Morgan fingerprint density at radius 2 is 1.86 bits per heavy atom. The topological polar surface area (TPSA) is 63.2 Å². The fourth-order valence-corrected chi connectivity index (χ4v) is 2.99.